The highest BCUT2D eigenvalue weighted by Gasteiger charge is 2.62. The van der Waals surface area contributed by atoms with E-state index >= 15 is 0 Å². The molecule has 1 saturated heterocycles. The van der Waals surface area contributed by atoms with Crippen LogP contribution < -0.4 is 10.6 Å². The number of hydrogen-bond donors (Lipinski definition) is 2. The number of nitrogens with zero attached hydrogens (tertiary/aromatic N) is 2. The van der Waals surface area contributed by atoms with Gasteiger partial charge in [0.1, 0.15) is 6.04 Å². The summed E-state index contributed by atoms with van der Waals surface area (Å²) >= 11 is 0. The third-order valence-electron chi connectivity index (χ3n) is 4.97. The van der Waals surface area contributed by atoms with E-state index in [0.717, 1.165) is 5.92 Å². The van der Waals surface area contributed by atoms with Crippen LogP contribution in [0.4, 0.5) is 13.2 Å². The number of rotatable bonds is 5. The van der Waals surface area contributed by atoms with Crippen molar-refractivity contribution in [1.29, 1.82) is 5.26 Å². The van der Waals surface area contributed by atoms with Gasteiger partial charge < -0.3 is 15.5 Å². The lowest BCUT2D eigenvalue weighted by Crippen LogP contribution is -2.44. The van der Waals surface area contributed by atoms with Gasteiger partial charge in [-0.15, -0.1) is 0 Å². The molecule has 0 spiro atoms. The Morgan fingerprint density at radius 2 is 1.70 bits per heavy atom. The Balaban J connectivity index is 0.000000585. The monoisotopic (exact) mass is 434 g/mol. The maximum Gasteiger partial charge on any atom is 0.471 e. The number of halogens is 3. The van der Waals surface area contributed by atoms with Crippen molar-refractivity contribution >= 4 is 18.2 Å². The van der Waals surface area contributed by atoms with Crippen LogP contribution >= 0.6 is 0 Å². The fraction of sp³-hybridized carbons (Fsp3) is 0.800. The predicted octanol–water partition coefficient (Wildman–Crippen LogP) is 2.48. The predicted molar refractivity (Wildman–Crippen MR) is 106 cm³/mol. The van der Waals surface area contributed by atoms with Crippen LogP contribution in [0, 0.1) is 34.5 Å². The summed E-state index contributed by atoms with van der Waals surface area (Å²) in [6, 6.07) is 1.60. The second-order valence-corrected chi connectivity index (χ2v) is 8.62. The molecule has 0 aromatic rings. The molecule has 2 aliphatic rings. The van der Waals surface area contributed by atoms with E-state index < -0.39 is 24.5 Å². The van der Waals surface area contributed by atoms with Crippen molar-refractivity contribution in [3.63, 3.8) is 0 Å². The largest absolute Gasteiger partial charge is 0.471 e. The number of piperidine rings is 1. The number of nitrogens with one attached hydrogen (secondary N) is 2. The van der Waals surface area contributed by atoms with Gasteiger partial charge in [-0.05, 0) is 29.6 Å². The number of hydrogen-bond acceptors (Lipinski definition) is 4. The zero-order valence-electron chi connectivity index (χ0n) is 18.5. The Bertz CT molecular complexity index is 613. The van der Waals surface area contributed by atoms with Crippen molar-refractivity contribution in [2.45, 2.75) is 60.2 Å². The number of nitriles is 1. The molecule has 1 aliphatic heterocycles. The van der Waals surface area contributed by atoms with Gasteiger partial charge in [0.05, 0.1) is 12.6 Å². The molecule has 3 atom stereocenters. The molecule has 7 nitrogen and oxygen atoms in total. The molecule has 1 saturated carbocycles. The molecular weight excluding hydrogens is 401 g/mol. The summed E-state index contributed by atoms with van der Waals surface area (Å²) in [7, 11) is 0. The zero-order chi connectivity index (χ0) is 23.7. The molecule has 30 heavy (non-hydrogen) atoms. The first-order valence-corrected chi connectivity index (χ1v) is 9.94. The van der Waals surface area contributed by atoms with Gasteiger partial charge in [0.15, 0.2) is 0 Å². The first-order chi connectivity index (χ1) is 13.7. The summed E-state index contributed by atoms with van der Waals surface area (Å²) < 4.78 is 35.7. The van der Waals surface area contributed by atoms with Crippen molar-refractivity contribution in [3.05, 3.63) is 0 Å². The van der Waals surface area contributed by atoms with E-state index in [4.69, 9.17) is 5.26 Å². The number of amides is 3. The van der Waals surface area contributed by atoms with E-state index in [1.54, 1.807) is 5.32 Å². The van der Waals surface area contributed by atoms with Crippen LogP contribution in [-0.2, 0) is 14.4 Å². The number of alkyl halides is 3. The highest BCUT2D eigenvalue weighted by molar-refractivity contribution is 5.87. The SMILES string of the molecule is CC(C)C.CC1(C)C2CN(C(=O)CNC(=O)C(F)(F)F)CC21.CCC(C#N)NC=O. The molecule has 3 unspecified atom stereocenters. The van der Waals surface area contributed by atoms with Gasteiger partial charge in [-0.1, -0.05) is 41.5 Å². The maximum absolute atomic E-state index is 11.9. The Morgan fingerprint density at radius 1 is 1.23 bits per heavy atom. The van der Waals surface area contributed by atoms with E-state index in [0.29, 0.717) is 37.8 Å². The summed E-state index contributed by atoms with van der Waals surface area (Å²) in [6.45, 7) is 13.2. The van der Waals surface area contributed by atoms with Gasteiger partial charge in [-0.25, -0.2) is 0 Å². The molecule has 0 radical (unpaired) electrons. The normalized spacial score (nSPS) is 21.6. The molecule has 2 fully saturated rings. The molecule has 2 N–H and O–H groups in total. The van der Waals surface area contributed by atoms with Crippen molar-refractivity contribution in [1.82, 2.24) is 15.5 Å². The van der Waals surface area contributed by atoms with Gasteiger partial charge in [-0.2, -0.15) is 18.4 Å². The highest BCUT2D eigenvalue weighted by atomic mass is 19.4. The average Bonchev–Trinajstić information content (AvgIpc) is 3.00. The minimum absolute atomic E-state index is 0.242. The van der Waals surface area contributed by atoms with Gasteiger partial charge in [0.2, 0.25) is 12.3 Å². The lowest BCUT2D eigenvalue weighted by atomic mass is 10.1. The average molecular weight is 435 g/mol. The summed E-state index contributed by atoms with van der Waals surface area (Å²) in [5, 5.41) is 12.1. The van der Waals surface area contributed by atoms with E-state index in [1.807, 2.05) is 13.0 Å². The van der Waals surface area contributed by atoms with E-state index in [1.165, 1.54) is 4.90 Å². The lowest BCUT2D eigenvalue weighted by molar-refractivity contribution is -0.174. The topological polar surface area (TPSA) is 102 Å². The number of carbonyl (C=O) groups is 3. The maximum atomic E-state index is 11.9. The van der Waals surface area contributed by atoms with E-state index in [-0.39, 0.29) is 11.5 Å². The second kappa shape index (κ2) is 11.8. The smallest absolute Gasteiger partial charge is 0.343 e. The van der Waals surface area contributed by atoms with Crippen LogP contribution in [0.25, 0.3) is 0 Å². The molecule has 0 bridgehead atoms. The fourth-order valence-electron chi connectivity index (χ4n) is 3.03. The van der Waals surface area contributed by atoms with Crippen molar-refractivity contribution in [2.75, 3.05) is 19.6 Å². The van der Waals surface area contributed by atoms with Crippen molar-refractivity contribution in [3.8, 4) is 6.07 Å². The first kappa shape index (κ1) is 27.7. The summed E-state index contributed by atoms with van der Waals surface area (Å²) in [5.41, 5.74) is 0.242. The molecule has 1 heterocycles. The summed E-state index contributed by atoms with van der Waals surface area (Å²) in [6.07, 6.45) is -3.73. The third kappa shape index (κ3) is 9.01. The van der Waals surface area contributed by atoms with Gasteiger partial charge in [0, 0.05) is 13.1 Å². The quantitative estimate of drug-likeness (QED) is 0.649. The standard InChI is InChI=1S/C11H15F3N2O2.C5H8N2O.C4H10/c1-10(2)6-4-16(5-7(6)10)8(17)3-15-9(18)11(12,13)14;1-2-5(3-6)7-4-8;1-4(2)3/h6-7H,3-5H2,1-2H3,(H,15,18);4-5H,2H2,1H3,(H,7,8);4H,1-3H3. The first-order valence-electron chi connectivity index (χ1n) is 9.94. The van der Waals surface area contributed by atoms with E-state index in [9.17, 15) is 27.6 Å². The Hall–Kier alpha value is -2.31. The Kier molecular flexibility index (Phi) is 10.9. The third-order valence-corrected chi connectivity index (χ3v) is 4.97. The molecule has 10 heteroatoms. The molecule has 1 aliphatic carbocycles. The van der Waals surface area contributed by atoms with Crippen LogP contribution in [0.3, 0.4) is 0 Å². The lowest BCUT2D eigenvalue weighted by Gasteiger charge is -2.22. The zero-order valence-corrected chi connectivity index (χ0v) is 18.5. The highest BCUT2D eigenvalue weighted by Crippen LogP contribution is 2.61. The van der Waals surface area contributed by atoms with Gasteiger partial charge in [-0.3, -0.25) is 14.4 Å². The van der Waals surface area contributed by atoms with Gasteiger partial charge >= 0.3 is 12.1 Å². The van der Waals surface area contributed by atoms with Crippen LogP contribution in [0.5, 0.6) is 0 Å². The van der Waals surface area contributed by atoms with Crippen LogP contribution in [-0.4, -0.2) is 55.0 Å². The minimum atomic E-state index is -4.94. The number of carbonyl (C=O) groups excluding carboxylic acids is 3. The second-order valence-electron chi connectivity index (χ2n) is 8.62. The van der Waals surface area contributed by atoms with Gasteiger partial charge in [0.25, 0.3) is 0 Å². The summed E-state index contributed by atoms with van der Waals surface area (Å²) in [4.78, 5) is 33.3. The van der Waals surface area contributed by atoms with E-state index in [2.05, 4.69) is 39.9 Å². The van der Waals surface area contributed by atoms with Crippen molar-refractivity contribution < 1.29 is 27.6 Å². The Labute approximate surface area is 176 Å². The summed E-state index contributed by atoms with van der Waals surface area (Å²) in [5.74, 6) is -0.796. The fourth-order valence-corrected chi connectivity index (χ4v) is 3.03. The number of likely N-dealkylation sites (tertiary alicyclic amines) is 1. The Morgan fingerprint density at radius 3 is 2.00 bits per heavy atom. The molecule has 172 valence electrons. The molecule has 0 aromatic carbocycles. The number of fused-ring (bicyclic) bond motifs is 1. The molecule has 3 amide bonds. The van der Waals surface area contributed by atoms with Crippen molar-refractivity contribution in [2.24, 2.45) is 23.2 Å². The molecule has 2 rings (SSSR count). The van der Waals surface area contributed by atoms with Crippen LogP contribution in [0.2, 0.25) is 0 Å². The molecule has 0 aromatic heterocycles. The van der Waals surface area contributed by atoms with Crippen LogP contribution in [0.15, 0.2) is 0 Å². The minimum Gasteiger partial charge on any atom is -0.343 e. The van der Waals surface area contributed by atoms with Crippen LogP contribution in [0.1, 0.15) is 48.0 Å². The molecular formula is C20H33F3N4O3.